The third-order valence-electron chi connectivity index (χ3n) is 7.38. The molecule has 0 bridgehead atoms. The molecule has 4 rings (SSSR count). The summed E-state index contributed by atoms with van der Waals surface area (Å²) in [7, 11) is 2.82. The molecule has 20 nitrogen and oxygen atoms in total. The van der Waals surface area contributed by atoms with Crippen molar-refractivity contribution in [1.29, 1.82) is 5.26 Å². The number of nitrogens with zero attached hydrogens (tertiary/aromatic N) is 10. The minimum Gasteiger partial charge on any atom is -0.506 e. The van der Waals surface area contributed by atoms with E-state index >= 15 is 0 Å². The number of rotatable bonds is 12. The van der Waals surface area contributed by atoms with Crippen LogP contribution in [0.1, 0.15) is 22.3 Å². The van der Waals surface area contributed by atoms with E-state index in [0.29, 0.717) is 5.56 Å². The second-order valence-corrected chi connectivity index (χ2v) is 10.7. The van der Waals surface area contributed by atoms with Crippen molar-refractivity contribution in [2.75, 3.05) is 14.2 Å². The number of nitriles is 1. The summed E-state index contributed by atoms with van der Waals surface area (Å²) < 4.78 is 7.46. The molecular weight excluding hydrogens is 767 g/mol. The zero-order valence-electron chi connectivity index (χ0n) is 29.5. The summed E-state index contributed by atoms with van der Waals surface area (Å²) >= 11 is 0. The monoisotopic (exact) mass is 799 g/mol. The zero-order valence-corrected chi connectivity index (χ0v) is 30.6. The van der Waals surface area contributed by atoms with E-state index in [4.69, 9.17) is 4.74 Å². The summed E-state index contributed by atoms with van der Waals surface area (Å²) in [4.78, 5) is 49.2. The van der Waals surface area contributed by atoms with Crippen molar-refractivity contribution in [2.45, 2.75) is 26.9 Å². The molecule has 0 spiro atoms. The molecule has 21 heteroatoms. The summed E-state index contributed by atoms with van der Waals surface area (Å²) in [5.74, 6) is -1.04. The summed E-state index contributed by atoms with van der Waals surface area (Å²) in [5.41, 5.74) is -1.25. The van der Waals surface area contributed by atoms with Crippen LogP contribution in [0.4, 0.5) is 34.1 Å². The molecule has 287 valence electrons. The van der Waals surface area contributed by atoms with Crippen molar-refractivity contribution in [1.82, 2.24) is 9.13 Å². The van der Waals surface area contributed by atoms with E-state index in [1.165, 1.54) is 44.0 Å². The second-order valence-electron chi connectivity index (χ2n) is 10.7. The zero-order chi connectivity index (χ0) is 40.3. The third-order valence-corrected chi connectivity index (χ3v) is 7.38. The Morgan fingerprint density at radius 2 is 1.33 bits per heavy atom. The quantitative estimate of drug-likeness (QED) is 0.0465. The minimum absolute atomic E-state index is 0. The number of allylic oxidation sites excluding steroid dienone is 2. The number of phenols is 2. The minimum atomic E-state index is -0.638. The largest absolute Gasteiger partial charge is 0.506 e. The maximum Gasteiger partial charge on any atom is 0.271 e. The summed E-state index contributed by atoms with van der Waals surface area (Å²) in [6.45, 7) is 10.3. The number of aromatic nitrogens is 2. The molecule has 0 saturated heterocycles. The normalized spacial score (nSPS) is 10.7. The van der Waals surface area contributed by atoms with Gasteiger partial charge in [-0.3, -0.25) is 43.9 Å². The van der Waals surface area contributed by atoms with Crippen LogP contribution >= 0.6 is 0 Å². The van der Waals surface area contributed by atoms with Crippen LogP contribution in [0.25, 0.3) is 0 Å². The average Bonchev–Trinajstić information content (AvgIpc) is 3.14. The maximum absolute atomic E-state index is 12.5. The first-order chi connectivity index (χ1) is 25.7. The van der Waals surface area contributed by atoms with Crippen molar-refractivity contribution in [2.24, 2.45) is 25.4 Å². The van der Waals surface area contributed by atoms with Gasteiger partial charge in [0.25, 0.3) is 22.5 Å². The van der Waals surface area contributed by atoms with Crippen molar-refractivity contribution in [3.63, 3.8) is 0 Å². The molecule has 0 atom stereocenters. The van der Waals surface area contributed by atoms with Crippen LogP contribution in [0.3, 0.4) is 0 Å². The van der Waals surface area contributed by atoms with Gasteiger partial charge in [0.1, 0.15) is 40.2 Å². The van der Waals surface area contributed by atoms with Crippen molar-refractivity contribution >= 4 is 40.3 Å². The molecule has 4 aromatic rings. The van der Waals surface area contributed by atoms with Crippen LogP contribution in [0.2, 0.25) is 0 Å². The number of hydrogen-bond donors (Lipinski definition) is 3. The number of ether oxygens (including phenoxy) is 1. The Hall–Kier alpha value is -7.31. The molecule has 0 saturated carbocycles. The predicted molar refractivity (Wildman–Crippen MR) is 196 cm³/mol. The first-order valence-electron chi connectivity index (χ1n) is 15.3. The van der Waals surface area contributed by atoms with E-state index in [9.17, 15) is 50.4 Å². The Kier molecular flexibility index (Phi) is 15.5. The number of hydrogen-bond acceptors (Lipinski definition) is 16. The van der Waals surface area contributed by atoms with Crippen LogP contribution in [0, 0.1) is 45.4 Å². The fourth-order valence-corrected chi connectivity index (χ4v) is 4.69. The van der Waals surface area contributed by atoms with Gasteiger partial charge in [-0.15, -0.1) is 33.6 Å². The number of aliphatic imine (C=N–C) groups is 1. The van der Waals surface area contributed by atoms with Gasteiger partial charge in [-0.2, -0.15) is 5.26 Å². The van der Waals surface area contributed by atoms with Gasteiger partial charge in [-0.05, 0) is 31.5 Å². The van der Waals surface area contributed by atoms with E-state index in [2.05, 4.69) is 38.6 Å². The number of nitro groups is 2. The van der Waals surface area contributed by atoms with Crippen molar-refractivity contribution in [3.8, 4) is 29.3 Å². The molecule has 0 aliphatic heterocycles. The Bertz CT molecular complexity index is 2410. The standard InChI is InChI=1S/C17H15N5O5.C17H17N5O5.Co/c1-4-7-21-16(24)12(9-18)10(2)15(17(21)27-3)20-19-13-8-11(22(25)26)5-6-14(13)23;1-4-7-21-16(24)12(9-18-3)10(2)15(17(21)25)20-19-13-8-11(22(26)27)5-6-14(13)23;/h4-6,8,23H,1,7H2,2-3H3;4-6,8-9,23,25H,1,7H2,2-3H3;. The van der Waals surface area contributed by atoms with Gasteiger partial charge in [-0.1, -0.05) is 12.2 Å². The van der Waals surface area contributed by atoms with E-state index in [-0.39, 0.29) is 98.1 Å². The van der Waals surface area contributed by atoms with Gasteiger partial charge in [-0.25, -0.2) is 0 Å². The average molecular weight is 800 g/mol. The molecule has 0 aliphatic carbocycles. The van der Waals surface area contributed by atoms with E-state index in [1.54, 1.807) is 6.92 Å². The third kappa shape index (κ3) is 9.77. The summed E-state index contributed by atoms with van der Waals surface area (Å²) in [6.07, 6.45) is 4.21. The van der Waals surface area contributed by atoms with E-state index in [1.807, 2.05) is 6.07 Å². The number of azo groups is 2. The number of nitro benzene ring substituents is 2. The summed E-state index contributed by atoms with van der Waals surface area (Å²) in [6, 6.07) is 8.40. The number of methoxy groups -OCH3 is 1. The molecule has 0 fully saturated rings. The fourth-order valence-electron chi connectivity index (χ4n) is 4.69. The van der Waals surface area contributed by atoms with Crippen molar-refractivity contribution in [3.05, 3.63) is 125 Å². The first kappa shape index (κ1) is 43.8. The predicted octanol–water partition coefficient (Wildman–Crippen LogP) is 6.38. The Labute approximate surface area is 321 Å². The van der Waals surface area contributed by atoms with Crippen LogP contribution in [-0.4, -0.2) is 54.7 Å². The van der Waals surface area contributed by atoms with Crippen LogP contribution in [0.15, 0.2) is 96.7 Å². The number of pyridine rings is 2. The Morgan fingerprint density at radius 3 is 1.76 bits per heavy atom. The molecule has 1 radical (unpaired) electrons. The molecular formula is C34H32CoN10O10. The van der Waals surface area contributed by atoms with Crippen LogP contribution in [-0.2, 0) is 29.9 Å². The summed E-state index contributed by atoms with van der Waals surface area (Å²) in [5, 5.41) is 76.6. The number of phenolic OH excluding ortho intramolecular Hbond substituents is 2. The number of non-ortho nitro benzene ring substituents is 2. The maximum atomic E-state index is 12.5. The molecule has 2 aromatic carbocycles. The van der Waals surface area contributed by atoms with Crippen LogP contribution in [0.5, 0.6) is 23.3 Å². The molecule has 2 heterocycles. The number of aromatic hydroxyl groups is 3. The first-order valence-corrected chi connectivity index (χ1v) is 15.3. The molecule has 3 N–H and O–H groups in total. The van der Waals surface area contributed by atoms with Gasteiger partial charge in [0.05, 0.1) is 22.5 Å². The van der Waals surface area contributed by atoms with E-state index in [0.717, 1.165) is 41.0 Å². The van der Waals surface area contributed by atoms with Gasteiger partial charge >= 0.3 is 0 Å². The molecule has 55 heavy (non-hydrogen) atoms. The number of benzene rings is 2. The Balaban J connectivity index is 0.000000373. The molecule has 0 amide bonds. The Morgan fingerprint density at radius 1 is 0.836 bits per heavy atom. The van der Waals surface area contributed by atoms with Gasteiger partial charge < -0.3 is 20.1 Å². The van der Waals surface area contributed by atoms with Crippen LogP contribution < -0.4 is 15.9 Å². The molecule has 0 aliphatic rings. The van der Waals surface area contributed by atoms with Gasteiger partial charge in [0.2, 0.25) is 11.8 Å². The van der Waals surface area contributed by atoms with Gasteiger partial charge in [0.15, 0.2) is 5.69 Å². The molecule has 2 aromatic heterocycles. The smallest absolute Gasteiger partial charge is 0.271 e. The topological polar surface area (TPSA) is 286 Å². The van der Waals surface area contributed by atoms with Crippen molar-refractivity contribution < 1.29 is 46.7 Å². The SMILES string of the molecule is C=CCn1c(O)c(N=Nc2cc([N+](=O)[O-])ccc2O)c(C)c(C=NC)c1=O.C=CCn1c(OC)c(N=Nc2cc([N+](=O)[O-])ccc2O)c(C)c(C#N)c1=O.[Co]. The van der Waals surface area contributed by atoms with E-state index < -0.39 is 26.8 Å². The second kappa shape index (κ2) is 19.5. The fraction of sp³-hybridized carbons (Fsp3) is 0.176. The molecule has 0 unspecified atom stereocenters. The van der Waals surface area contributed by atoms with Gasteiger partial charge in [0, 0.05) is 73.0 Å².